The van der Waals surface area contributed by atoms with Gasteiger partial charge in [0.2, 0.25) is 0 Å². The molecule has 90 valence electrons. The molecule has 0 fully saturated rings. The van der Waals surface area contributed by atoms with E-state index in [0.717, 1.165) is 12.0 Å². The van der Waals surface area contributed by atoms with E-state index in [0.29, 0.717) is 23.5 Å². The van der Waals surface area contributed by atoms with E-state index < -0.39 is 0 Å². The Morgan fingerprint density at radius 3 is 2.69 bits per heavy atom. The molecule has 1 aromatic carbocycles. The molecule has 0 aliphatic rings. The molecule has 2 atom stereocenters. The van der Waals surface area contributed by atoms with Gasteiger partial charge in [-0.15, -0.1) is 0 Å². The summed E-state index contributed by atoms with van der Waals surface area (Å²) in [5, 5.41) is 3.98. The van der Waals surface area contributed by atoms with Crippen LogP contribution in [0.15, 0.2) is 18.2 Å². The fourth-order valence-electron chi connectivity index (χ4n) is 1.50. The van der Waals surface area contributed by atoms with E-state index in [4.69, 9.17) is 11.6 Å². The summed E-state index contributed by atoms with van der Waals surface area (Å²) in [6, 6.07) is 4.87. The molecule has 0 saturated heterocycles. The molecule has 1 nitrogen and oxygen atoms in total. The molecule has 0 radical (unpaired) electrons. The summed E-state index contributed by atoms with van der Waals surface area (Å²) in [5.41, 5.74) is 0.816. The van der Waals surface area contributed by atoms with Crippen molar-refractivity contribution in [2.75, 3.05) is 0 Å². The summed E-state index contributed by atoms with van der Waals surface area (Å²) >= 11 is 5.99. The fourth-order valence-corrected chi connectivity index (χ4v) is 1.69. The van der Waals surface area contributed by atoms with Gasteiger partial charge in [-0.2, -0.15) is 0 Å². The SMILES string of the molecule is CCC(C)C(C)NCc1cc(F)ccc1Cl. The molecule has 1 aromatic rings. The third-order valence-corrected chi connectivity index (χ3v) is 3.49. The maximum Gasteiger partial charge on any atom is 0.123 e. The largest absolute Gasteiger partial charge is 0.310 e. The first kappa shape index (κ1) is 13.5. The van der Waals surface area contributed by atoms with Crippen LogP contribution in [0.25, 0.3) is 0 Å². The van der Waals surface area contributed by atoms with Crippen molar-refractivity contribution >= 4 is 11.6 Å². The van der Waals surface area contributed by atoms with Gasteiger partial charge in [0, 0.05) is 17.6 Å². The first-order valence-electron chi connectivity index (χ1n) is 5.72. The van der Waals surface area contributed by atoms with Gasteiger partial charge in [-0.25, -0.2) is 4.39 Å². The van der Waals surface area contributed by atoms with Crippen molar-refractivity contribution in [3.8, 4) is 0 Å². The standard InChI is InChI=1S/C13H19ClFN/c1-4-9(2)10(3)16-8-11-7-12(15)5-6-13(11)14/h5-7,9-10,16H,4,8H2,1-3H3. The molecule has 1 N–H and O–H groups in total. The summed E-state index contributed by atoms with van der Waals surface area (Å²) in [4.78, 5) is 0. The average molecular weight is 244 g/mol. The molecule has 0 heterocycles. The molecular formula is C13H19ClFN. The molecule has 16 heavy (non-hydrogen) atoms. The van der Waals surface area contributed by atoms with Gasteiger partial charge < -0.3 is 5.32 Å². The van der Waals surface area contributed by atoms with Crippen molar-refractivity contribution in [1.82, 2.24) is 5.32 Å². The predicted octanol–water partition coefficient (Wildman–Crippen LogP) is 4.00. The average Bonchev–Trinajstić information content (AvgIpc) is 2.28. The highest BCUT2D eigenvalue weighted by atomic mass is 35.5. The Morgan fingerprint density at radius 2 is 2.06 bits per heavy atom. The zero-order valence-corrected chi connectivity index (χ0v) is 10.8. The van der Waals surface area contributed by atoms with Crippen molar-refractivity contribution in [2.45, 2.75) is 39.8 Å². The van der Waals surface area contributed by atoms with Gasteiger partial charge >= 0.3 is 0 Å². The fraction of sp³-hybridized carbons (Fsp3) is 0.538. The van der Waals surface area contributed by atoms with Gasteiger partial charge in [-0.05, 0) is 36.6 Å². The maximum absolute atomic E-state index is 13.0. The highest BCUT2D eigenvalue weighted by molar-refractivity contribution is 6.31. The normalized spacial score (nSPS) is 14.8. The van der Waals surface area contributed by atoms with Crippen molar-refractivity contribution in [2.24, 2.45) is 5.92 Å². The molecule has 0 aliphatic carbocycles. The van der Waals surface area contributed by atoms with Crippen LogP contribution in [0, 0.1) is 11.7 Å². The molecule has 3 heteroatoms. The van der Waals surface area contributed by atoms with Crippen LogP contribution >= 0.6 is 11.6 Å². The second-order valence-electron chi connectivity index (χ2n) is 4.29. The number of halogens is 2. The predicted molar refractivity (Wildman–Crippen MR) is 67.2 cm³/mol. The Kier molecular flexibility index (Phi) is 5.23. The minimum atomic E-state index is -0.239. The Labute approximate surface area is 102 Å². The third kappa shape index (κ3) is 3.76. The zero-order chi connectivity index (χ0) is 12.1. The van der Waals surface area contributed by atoms with Crippen LogP contribution in [0.4, 0.5) is 4.39 Å². The second kappa shape index (κ2) is 6.21. The van der Waals surface area contributed by atoms with E-state index >= 15 is 0 Å². The summed E-state index contributed by atoms with van der Waals surface area (Å²) in [6.45, 7) is 7.12. The monoisotopic (exact) mass is 243 g/mol. The van der Waals surface area contributed by atoms with Gasteiger partial charge in [0.1, 0.15) is 5.82 Å². The van der Waals surface area contributed by atoms with Gasteiger partial charge in [0.25, 0.3) is 0 Å². The molecule has 0 bridgehead atoms. The lowest BCUT2D eigenvalue weighted by atomic mass is 10.0. The lowest BCUT2D eigenvalue weighted by molar-refractivity contribution is 0.389. The Hall–Kier alpha value is -0.600. The number of hydrogen-bond donors (Lipinski definition) is 1. The molecular weight excluding hydrogens is 225 g/mol. The molecule has 0 amide bonds. The van der Waals surface area contributed by atoms with Gasteiger partial charge in [0.05, 0.1) is 0 Å². The lowest BCUT2D eigenvalue weighted by Gasteiger charge is -2.20. The van der Waals surface area contributed by atoms with Crippen LogP contribution in [-0.2, 0) is 6.54 Å². The molecule has 0 aromatic heterocycles. The summed E-state index contributed by atoms with van der Waals surface area (Å²) in [7, 11) is 0. The molecule has 0 aliphatic heterocycles. The zero-order valence-electron chi connectivity index (χ0n) is 10.1. The van der Waals surface area contributed by atoms with Crippen molar-refractivity contribution in [1.29, 1.82) is 0 Å². The van der Waals surface area contributed by atoms with E-state index in [1.807, 2.05) is 0 Å². The molecule has 1 rings (SSSR count). The number of hydrogen-bond acceptors (Lipinski definition) is 1. The smallest absolute Gasteiger partial charge is 0.123 e. The Balaban J connectivity index is 2.57. The summed E-state index contributed by atoms with van der Waals surface area (Å²) in [6.07, 6.45) is 1.13. The van der Waals surface area contributed by atoms with Crippen molar-refractivity contribution in [3.05, 3.63) is 34.6 Å². The van der Waals surface area contributed by atoms with E-state index in [1.165, 1.54) is 12.1 Å². The van der Waals surface area contributed by atoms with Crippen molar-refractivity contribution < 1.29 is 4.39 Å². The topological polar surface area (TPSA) is 12.0 Å². The number of nitrogens with one attached hydrogen (secondary N) is 1. The minimum absolute atomic E-state index is 0.239. The highest BCUT2D eigenvalue weighted by Gasteiger charge is 2.10. The van der Waals surface area contributed by atoms with Gasteiger partial charge in [-0.3, -0.25) is 0 Å². The maximum atomic E-state index is 13.0. The lowest BCUT2D eigenvalue weighted by Crippen LogP contribution is -2.31. The van der Waals surface area contributed by atoms with E-state index in [9.17, 15) is 4.39 Å². The quantitative estimate of drug-likeness (QED) is 0.824. The van der Waals surface area contributed by atoms with E-state index in [2.05, 4.69) is 26.1 Å². The molecule has 2 unspecified atom stereocenters. The number of benzene rings is 1. The van der Waals surface area contributed by atoms with E-state index in [-0.39, 0.29) is 5.82 Å². The van der Waals surface area contributed by atoms with Crippen LogP contribution in [-0.4, -0.2) is 6.04 Å². The summed E-state index contributed by atoms with van der Waals surface area (Å²) < 4.78 is 13.0. The second-order valence-corrected chi connectivity index (χ2v) is 4.70. The highest BCUT2D eigenvalue weighted by Crippen LogP contribution is 2.17. The molecule has 0 spiro atoms. The summed E-state index contributed by atoms with van der Waals surface area (Å²) in [5.74, 6) is 0.365. The first-order valence-corrected chi connectivity index (χ1v) is 6.09. The first-order chi connectivity index (χ1) is 7.54. The van der Waals surface area contributed by atoms with Crippen LogP contribution in [0.1, 0.15) is 32.8 Å². The van der Waals surface area contributed by atoms with Gasteiger partial charge in [0.15, 0.2) is 0 Å². The third-order valence-electron chi connectivity index (χ3n) is 3.12. The van der Waals surface area contributed by atoms with Crippen LogP contribution in [0.3, 0.4) is 0 Å². The van der Waals surface area contributed by atoms with Crippen LogP contribution < -0.4 is 5.32 Å². The van der Waals surface area contributed by atoms with Crippen LogP contribution in [0.2, 0.25) is 5.02 Å². The van der Waals surface area contributed by atoms with E-state index in [1.54, 1.807) is 6.07 Å². The Morgan fingerprint density at radius 1 is 1.38 bits per heavy atom. The minimum Gasteiger partial charge on any atom is -0.310 e. The number of rotatable bonds is 5. The van der Waals surface area contributed by atoms with Crippen LogP contribution in [0.5, 0.6) is 0 Å². The Bertz CT molecular complexity index is 341. The van der Waals surface area contributed by atoms with Crippen molar-refractivity contribution in [3.63, 3.8) is 0 Å². The molecule has 0 saturated carbocycles. The van der Waals surface area contributed by atoms with Gasteiger partial charge in [-0.1, -0.05) is 31.9 Å².